The highest BCUT2D eigenvalue weighted by molar-refractivity contribution is 7.89. The Kier molecular flexibility index (Phi) is 3.69. The summed E-state index contributed by atoms with van der Waals surface area (Å²) in [6.45, 7) is 2.49. The summed E-state index contributed by atoms with van der Waals surface area (Å²) in [7, 11) is -3.50. The molecule has 2 bridgehead atoms. The topological polar surface area (TPSA) is 40.6 Å². The monoisotopic (exact) mass is 378 g/mol. The Morgan fingerprint density at radius 2 is 1.70 bits per heavy atom. The van der Waals surface area contributed by atoms with Crippen LogP contribution < -0.4 is 4.90 Å². The van der Waals surface area contributed by atoms with Crippen LogP contribution in [0.3, 0.4) is 0 Å². The fourth-order valence-electron chi connectivity index (χ4n) is 4.58. The summed E-state index contributed by atoms with van der Waals surface area (Å²) in [6.07, 6.45) is 7.24. The van der Waals surface area contributed by atoms with E-state index in [2.05, 4.69) is 41.3 Å². The van der Waals surface area contributed by atoms with Gasteiger partial charge in [0.05, 0.1) is 17.0 Å². The van der Waals surface area contributed by atoms with Crippen LogP contribution >= 0.6 is 0 Å². The fourth-order valence-corrected chi connectivity index (χ4v) is 5.94. The molecule has 1 saturated heterocycles. The molecule has 3 atom stereocenters. The van der Waals surface area contributed by atoms with Crippen LogP contribution in [0.25, 0.3) is 0 Å². The second-order valence-electron chi connectivity index (χ2n) is 7.52. The van der Waals surface area contributed by atoms with Crippen LogP contribution in [0.15, 0.2) is 83.4 Å². The van der Waals surface area contributed by atoms with Crippen LogP contribution in [-0.2, 0) is 10.0 Å². The summed E-state index contributed by atoms with van der Waals surface area (Å²) in [4.78, 5) is 2.78. The van der Waals surface area contributed by atoms with Crippen LogP contribution in [0, 0.1) is 12.8 Å². The zero-order valence-corrected chi connectivity index (χ0v) is 16.0. The first-order chi connectivity index (χ1) is 13.1. The van der Waals surface area contributed by atoms with E-state index in [1.165, 1.54) is 11.3 Å². The molecule has 0 saturated carbocycles. The Morgan fingerprint density at radius 1 is 0.963 bits per heavy atom. The number of benzene rings is 2. The van der Waals surface area contributed by atoms with E-state index in [1.54, 1.807) is 16.4 Å². The minimum absolute atomic E-state index is 0.151. The quantitative estimate of drug-likeness (QED) is 0.765. The average Bonchev–Trinajstić information content (AvgIpc) is 3.26. The zero-order chi connectivity index (χ0) is 18.6. The van der Waals surface area contributed by atoms with E-state index in [9.17, 15) is 8.42 Å². The summed E-state index contributed by atoms with van der Waals surface area (Å²) < 4.78 is 27.7. The number of aryl methyl sites for hydroxylation is 1. The number of fused-ring (bicyclic) bond motifs is 5. The first-order valence-electron chi connectivity index (χ1n) is 9.37. The third kappa shape index (κ3) is 2.52. The molecule has 1 fully saturated rings. The molecule has 0 spiro atoms. The Balaban J connectivity index is 1.50. The molecule has 3 aliphatic rings. The van der Waals surface area contributed by atoms with Crippen LogP contribution in [0.5, 0.6) is 0 Å². The normalized spacial score (nSPS) is 26.3. The van der Waals surface area contributed by atoms with Gasteiger partial charge in [-0.1, -0.05) is 48.0 Å². The smallest absolute Gasteiger partial charge is 0.263 e. The van der Waals surface area contributed by atoms with E-state index in [0.29, 0.717) is 23.4 Å². The molecule has 27 heavy (non-hydrogen) atoms. The minimum Gasteiger partial charge on any atom is -0.354 e. The lowest BCUT2D eigenvalue weighted by Crippen LogP contribution is -2.35. The highest BCUT2D eigenvalue weighted by Gasteiger charge is 2.48. The van der Waals surface area contributed by atoms with Gasteiger partial charge in [-0.25, -0.2) is 8.42 Å². The van der Waals surface area contributed by atoms with Gasteiger partial charge >= 0.3 is 0 Å². The highest BCUT2D eigenvalue weighted by atomic mass is 32.2. The Labute approximate surface area is 160 Å². The van der Waals surface area contributed by atoms with Crippen LogP contribution in [0.4, 0.5) is 5.69 Å². The van der Waals surface area contributed by atoms with E-state index in [0.717, 1.165) is 12.0 Å². The number of hydrogen-bond donors (Lipinski definition) is 0. The zero-order valence-electron chi connectivity index (χ0n) is 15.2. The first kappa shape index (κ1) is 16.6. The average molecular weight is 378 g/mol. The maximum absolute atomic E-state index is 13.1. The van der Waals surface area contributed by atoms with Crippen LogP contribution in [-0.4, -0.2) is 31.4 Å². The van der Waals surface area contributed by atoms with Crippen molar-refractivity contribution in [2.45, 2.75) is 30.3 Å². The van der Waals surface area contributed by atoms with Crippen molar-refractivity contribution in [3.05, 3.63) is 84.1 Å². The minimum atomic E-state index is -3.50. The van der Waals surface area contributed by atoms with Crippen molar-refractivity contribution in [1.82, 2.24) is 4.31 Å². The number of para-hydroxylation sites is 1. The molecule has 0 unspecified atom stereocenters. The Hall–Kier alpha value is -2.53. The van der Waals surface area contributed by atoms with Crippen molar-refractivity contribution in [2.75, 3.05) is 11.4 Å². The van der Waals surface area contributed by atoms with Crippen molar-refractivity contribution < 1.29 is 8.42 Å². The van der Waals surface area contributed by atoms with Gasteiger partial charge in [-0.2, -0.15) is 0 Å². The van der Waals surface area contributed by atoms with Gasteiger partial charge in [-0.05, 0) is 43.2 Å². The number of hydrogen-bond acceptors (Lipinski definition) is 3. The maximum atomic E-state index is 13.1. The van der Waals surface area contributed by atoms with Gasteiger partial charge in [-0.3, -0.25) is 4.31 Å². The fraction of sp³-hybridized carbons (Fsp3) is 0.273. The summed E-state index contributed by atoms with van der Waals surface area (Å²) >= 11 is 0. The molecule has 5 heteroatoms. The molecule has 5 rings (SSSR count). The molecule has 2 aromatic rings. The van der Waals surface area contributed by atoms with Gasteiger partial charge in [0, 0.05) is 24.4 Å². The van der Waals surface area contributed by atoms with Gasteiger partial charge in [0.15, 0.2) is 0 Å². The van der Waals surface area contributed by atoms with Crippen molar-refractivity contribution in [3.63, 3.8) is 0 Å². The van der Waals surface area contributed by atoms with Crippen molar-refractivity contribution >= 4 is 15.7 Å². The van der Waals surface area contributed by atoms with E-state index in [1.807, 2.05) is 31.3 Å². The standard InChI is InChI=1S/C22H22N2O2S/c1-16-7-9-18(10-8-16)27(25,26)23-14-13-19-20(15-23)22-12-11-21(19)24(22)17-5-3-2-4-6-17/h2-12,15,19,21-22H,13-14H2,1H3/t19-,21-,22+/m0/s1. The number of nitrogens with zero attached hydrogens (tertiary/aromatic N) is 2. The summed E-state index contributed by atoms with van der Waals surface area (Å²) in [5, 5.41) is 0. The van der Waals surface area contributed by atoms with Crippen molar-refractivity contribution in [1.29, 1.82) is 0 Å². The predicted molar refractivity (Wildman–Crippen MR) is 107 cm³/mol. The molecule has 0 radical (unpaired) electrons. The van der Waals surface area contributed by atoms with Crippen LogP contribution in [0.1, 0.15) is 12.0 Å². The van der Waals surface area contributed by atoms with Crippen LogP contribution in [0.2, 0.25) is 0 Å². The number of rotatable bonds is 3. The lowest BCUT2D eigenvalue weighted by Gasteiger charge is -2.31. The van der Waals surface area contributed by atoms with Gasteiger partial charge in [0.2, 0.25) is 0 Å². The predicted octanol–water partition coefficient (Wildman–Crippen LogP) is 3.72. The van der Waals surface area contributed by atoms with E-state index in [-0.39, 0.29) is 6.04 Å². The van der Waals surface area contributed by atoms with Gasteiger partial charge in [-0.15, -0.1) is 0 Å². The lowest BCUT2D eigenvalue weighted by atomic mass is 9.85. The maximum Gasteiger partial charge on any atom is 0.263 e. The molecule has 2 aromatic carbocycles. The second kappa shape index (κ2) is 5.99. The number of anilines is 1. The first-order valence-corrected chi connectivity index (χ1v) is 10.8. The second-order valence-corrected chi connectivity index (χ2v) is 9.41. The highest BCUT2D eigenvalue weighted by Crippen LogP contribution is 2.47. The van der Waals surface area contributed by atoms with Crippen molar-refractivity contribution in [2.24, 2.45) is 5.92 Å². The molecule has 0 N–H and O–H groups in total. The molecule has 3 heterocycles. The summed E-state index contributed by atoms with van der Waals surface area (Å²) in [6, 6.07) is 18.0. The number of sulfonamides is 1. The van der Waals surface area contributed by atoms with E-state index in [4.69, 9.17) is 0 Å². The summed E-state index contributed by atoms with van der Waals surface area (Å²) in [5.41, 5.74) is 3.47. The molecule has 4 nitrogen and oxygen atoms in total. The SMILES string of the molecule is Cc1ccc(S(=O)(=O)N2C=C3[C@H]4C=C[C@@H]([C@H]3CC2)N4c2ccccc2)cc1. The van der Waals surface area contributed by atoms with Crippen molar-refractivity contribution in [3.8, 4) is 0 Å². The Morgan fingerprint density at radius 3 is 2.44 bits per heavy atom. The van der Waals surface area contributed by atoms with Gasteiger partial charge < -0.3 is 4.90 Å². The molecular weight excluding hydrogens is 356 g/mol. The van der Waals surface area contributed by atoms with Gasteiger partial charge in [0.25, 0.3) is 10.0 Å². The molecule has 3 aliphatic heterocycles. The molecule has 0 amide bonds. The third-order valence-corrected chi connectivity index (χ3v) is 7.70. The summed E-state index contributed by atoms with van der Waals surface area (Å²) in [5.74, 6) is 0.393. The molecular formula is C22H22N2O2S. The van der Waals surface area contributed by atoms with Gasteiger partial charge in [0.1, 0.15) is 0 Å². The van der Waals surface area contributed by atoms with E-state index >= 15 is 0 Å². The molecule has 0 aliphatic carbocycles. The molecule has 138 valence electrons. The molecule has 0 aromatic heterocycles. The largest absolute Gasteiger partial charge is 0.354 e. The van der Waals surface area contributed by atoms with E-state index < -0.39 is 10.0 Å². The third-order valence-electron chi connectivity index (χ3n) is 5.93. The Bertz CT molecular complexity index is 1030. The lowest BCUT2D eigenvalue weighted by molar-refractivity contribution is 0.410.